The van der Waals surface area contributed by atoms with Crippen molar-refractivity contribution in [2.45, 2.75) is 6.61 Å². The first-order valence-electron chi connectivity index (χ1n) is 3.55. The Bertz CT molecular complexity index is 357. The summed E-state index contributed by atoms with van der Waals surface area (Å²) in [5.41, 5.74) is 5.56. The molecule has 0 saturated heterocycles. The van der Waals surface area contributed by atoms with Crippen molar-refractivity contribution in [3.8, 4) is 0 Å². The monoisotopic (exact) mass is 221 g/mol. The molecule has 0 radical (unpaired) electrons. The highest BCUT2D eigenvalue weighted by molar-refractivity contribution is 6.33. The third-order valence-electron chi connectivity index (χ3n) is 1.43. The molecule has 0 atom stereocenters. The van der Waals surface area contributed by atoms with E-state index in [1.165, 1.54) is 18.2 Å². The van der Waals surface area contributed by atoms with Crippen LogP contribution in [0.5, 0.6) is 0 Å². The number of alkyl halides is 2. The molecule has 0 amide bonds. The zero-order valence-electron chi connectivity index (χ0n) is 6.84. The van der Waals surface area contributed by atoms with Gasteiger partial charge in [0.2, 0.25) is 0 Å². The van der Waals surface area contributed by atoms with Crippen molar-refractivity contribution in [1.29, 1.82) is 0 Å². The summed E-state index contributed by atoms with van der Waals surface area (Å²) in [6.45, 7) is -3.14. The molecule has 1 rings (SSSR count). The zero-order chi connectivity index (χ0) is 10.7. The molecular formula is C8H6ClF2NO2. The molecule has 14 heavy (non-hydrogen) atoms. The van der Waals surface area contributed by atoms with Gasteiger partial charge in [0.15, 0.2) is 0 Å². The van der Waals surface area contributed by atoms with E-state index in [1.807, 2.05) is 0 Å². The third-order valence-corrected chi connectivity index (χ3v) is 1.76. The summed E-state index contributed by atoms with van der Waals surface area (Å²) in [5.74, 6) is -1.14. The fourth-order valence-corrected chi connectivity index (χ4v) is 0.984. The quantitative estimate of drug-likeness (QED) is 0.616. The fourth-order valence-electron chi connectivity index (χ4n) is 0.803. The number of rotatable bonds is 2. The lowest BCUT2D eigenvalue weighted by molar-refractivity contribution is -0.0906. The highest BCUT2D eigenvalue weighted by Gasteiger charge is 2.13. The van der Waals surface area contributed by atoms with Crippen molar-refractivity contribution in [3.63, 3.8) is 0 Å². The Kier molecular flexibility index (Phi) is 3.24. The van der Waals surface area contributed by atoms with Gasteiger partial charge in [-0.05, 0) is 18.2 Å². The van der Waals surface area contributed by atoms with Gasteiger partial charge < -0.3 is 10.5 Å². The second kappa shape index (κ2) is 4.23. The number of nitrogen functional groups attached to an aromatic ring is 1. The number of ether oxygens (including phenoxy) is 1. The molecule has 0 fully saturated rings. The van der Waals surface area contributed by atoms with Gasteiger partial charge in [0.05, 0.1) is 16.3 Å². The summed E-state index contributed by atoms with van der Waals surface area (Å²) in [6, 6.07) is 3.76. The second-order valence-corrected chi connectivity index (χ2v) is 2.81. The van der Waals surface area contributed by atoms with Crippen molar-refractivity contribution in [2.24, 2.45) is 0 Å². The average Bonchev–Trinajstić information content (AvgIpc) is 2.08. The van der Waals surface area contributed by atoms with Crippen LogP contribution in [0.1, 0.15) is 10.4 Å². The SMILES string of the molecule is Nc1ccc(C(=O)OC(F)F)cc1Cl. The first-order chi connectivity index (χ1) is 6.50. The maximum Gasteiger partial charge on any atom is 0.389 e. The first-order valence-corrected chi connectivity index (χ1v) is 3.92. The summed E-state index contributed by atoms with van der Waals surface area (Å²) in [5, 5.41) is 0.119. The molecule has 1 aromatic rings. The summed E-state index contributed by atoms with van der Waals surface area (Å²) in [6.07, 6.45) is 0. The Hall–Kier alpha value is -1.36. The number of carbonyl (C=O) groups excluding carboxylic acids is 1. The molecule has 1 aromatic carbocycles. The van der Waals surface area contributed by atoms with E-state index in [0.717, 1.165) is 0 Å². The van der Waals surface area contributed by atoms with E-state index in [4.69, 9.17) is 17.3 Å². The predicted octanol–water partition coefficient (Wildman–Crippen LogP) is 2.30. The third kappa shape index (κ3) is 2.56. The van der Waals surface area contributed by atoms with E-state index >= 15 is 0 Å². The number of benzene rings is 1. The van der Waals surface area contributed by atoms with Crippen molar-refractivity contribution >= 4 is 23.3 Å². The Morgan fingerprint density at radius 3 is 2.64 bits per heavy atom. The van der Waals surface area contributed by atoms with Crippen LogP contribution in [-0.2, 0) is 4.74 Å². The van der Waals surface area contributed by atoms with Gasteiger partial charge in [-0.1, -0.05) is 11.6 Å². The van der Waals surface area contributed by atoms with Crippen LogP contribution in [-0.4, -0.2) is 12.6 Å². The lowest BCUT2D eigenvalue weighted by atomic mass is 10.2. The molecule has 6 heteroatoms. The van der Waals surface area contributed by atoms with Crippen LogP contribution in [0, 0.1) is 0 Å². The van der Waals surface area contributed by atoms with Crippen LogP contribution in [0.2, 0.25) is 5.02 Å². The molecule has 76 valence electrons. The molecule has 0 saturated carbocycles. The van der Waals surface area contributed by atoms with E-state index in [2.05, 4.69) is 4.74 Å². The summed E-state index contributed by atoms with van der Waals surface area (Å²) in [7, 11) is 0. The second-order valence-electron chi connectivity index (χ2n) is 2.40. The Labute approximate surface area is 83.4 Å². The number of anilines is 1. The van der Waals surface area contributed by atoms with Gasteiger partial charge in [-0.15, -0.1) is 0 Å². The Balaban J connectivity index is 2.86. The topological polar surface area (TPSA) is 52.3 Å². The van der Waals surface area contributed by atoms with Gasteiger partial charge >= 0.3 is 12.6 Å². The van der Waals surface area contributed by atoms with Gasteiger partial charge in [-0.2, -0.15) is 8.78 Å². The van der Waals surface area contributed by atoms with E-state index in [-0.39, 0.29) is 16.3 Å². The number of carbonyl (C=O) groups is 1. The molecule has 0 aromatic heterocycles. The van der Waals surface area contributed by atoms with Crippen molar-refractivity contribution in [1.82, 2.24) is 0 Å². The van der Waals surface area contributed by atoms with Gasteiger partial charge in [0.1, 0.15) is 0 Å². The molecular weight excluding hydrogens is 216 g/mol. The van der Waals surface area contributed by atoms with Gasteiger partial charge in [-0.3, -0.25) is 0 Å². The van der Waals surface area contributed by atoms with Crippen LogP contribution in [0.4, 0.5) is 14.5 Å². The molecule has 0 heterocycles. The Morgan fingerprint density at radius 2 is 2.14 bits per heavy atom. The first kappa shape index (κ1) is 10.7. The van der Waals surface area contributed by atoms with E-state index in [0.29, 0.717) is 0 Å². The van der Waals surface area contributed by atoms with E-state index < -0.39 is 12.6 Å². The molecule has 0 bridgehead atoms. The van der Waals surface area contributed by atoms with Crippen molar-refractivity contribution < 1.29 is 18.3 Å². The summed E-state index contributed by atoms with van der Waals surface area (Å²) >= 11 is 5.57. The molecule has 0 aliphatic carbocycles. The zero-order valence-corrected chi connectivity index (χ0v) is 7.59. The highest BCUT2D eigenvalue weighted by Crippen LogP contribution is 2.20. The fraction of sp³-hybridized carbons (Fsp3) is 0.125. The number of halogens is 3. The highest BCUT2D eigenvalue weighted by atomic mass is 35.5. The minimum atomic E-state index is -3.14. The minimum Gasteiger partial charge on any atom is -0.399 e. The molecule has 3 nitrogen and oxygen atoms in total. The smallest absolute Gasteiger partial charge is 0.389 e. The number of esters is 1. The molecule has 0 aliphatic rings. The number of hydrogen-bond donors (Lipinski definition) is 1. The van der Waals surface area contributed by atoms with Crippen LogP contribution < -0.4 is 5.73 Å². The van der Waals surface area contributed by atoms with Crippen LogP contribution in [0.3, 0.4) is 0 Å². The van der Waals surface area contributed by atoms with E-state index in [1.54, 1.807) is 0 Å². The Morgan fingerprint density at radius 1 is 1.50 bits per heavy atom. The largest absolute Gasteiger partial charge is 0.399 e. The normalized spacial score (nSPS) is 10.3. The summed E-state index contributed by atoms with van der Waals surface area (Å²) < 4.78 is 27.0. The van der Waals surface area contributed by atoms with Crippen LogP contribution in [0.25, 0.3) is 0 Å². The molecule has 0 aliphatic heterocycles. The lowest BCUT2D eigenvalue weighted by Gasteiger charge is -2.04. The molecule has 0 spiro atoms. The van der Waals surface area contributed by atoms with Crippen LogP contribution in [0.15, 0.2) is 18.2 Å². The maximum absolute atomic E-state index is 11.6. The van der Waals surface area contributed by atoms with Crippen LogP contribution >= 0.6 is 11.6 Å². The van der Waals surface area contributed by atoms with E-state index in [9.17, 15) is 13.6 Å². The van der Waals surface area contributed by atoms with Crippen molar-refractivity contribution in [2.75, 3.05) is 5.73 Å². The average molecular weight is 222 g/mol. The molecule has 2 N–H and O–H groups in total. The molecule has 0 unspecified atom stereocenters. The predicted molar refractivity (Wildman–Crippen MR) is 47.3 cm³/mol. The van der Waals surface area contributed by atoms with Gasteiger partial charge in [0, 0.05) is 0 Å². The number of hydrogen-bond acceptors (Lipinski definition) is 3. The number of nitrogens with two attached hydrogens (primary N) is 1. The van der Waals surface area contributed by atoms with Crippen molar-refractivity contribution in [3.05, 3.63) is 28.8 Å². The minimum absolute atomic E-state index is 0.0653. The van der Waals surface area contributed by atoms with Gasteiger partial charge in [0.25, 0.3) is 0 Å². The van der Waals surface area contributed by atoms with Gasteiger partial charge in [-0.25, -0.2) is 4.79 Å². The standard InChI is InChI=1S/C8H6ClF2NO2/c9-5-3-4(1-2-6(5)12)7(13)14-8(10)11/h1-3,8H,12H2. The maximum atomic E-state index is 11.6. The lowest BCUT2D eigenvalue weighted by Crippen LogP contribution is -2.09. The summed E-state index contributed by atoms with van der Waals surface area (Å²) in [4.78, 5) is 10.9.